The van der Waals surface area contributed by atoms with Crippen molar-refractivity contribution in [2.24, 2.45) is 5.92 Å². The second-order valence-electron chi connectivity index (χ2n) is 7.05. The van der Waals surface area contributed by atoms with Crippen LogP contribution in [0.25, 0.3) is 11.1 Å². The number of pyridine rings is 1. The van der Waals surface area contributed by atoms with E-state index in [-0.39, 0.29) is 17.9 Å². The molecule has 2 amide bonds. The molecule has 1 aliphatic heterocycles. The molecular weight excluding hydrogens is 346 g/mol. The van der Waals surface area contributed by atoms with Gasteiger partial charge >= 0.3 is 6.09 Å². The lowest BCUT2D eigenvalue weighted by Gasteiger charge is -2.26. The van der Waals surface area contributed by atoms with Crippen LogP contribution in [0.5, 0.6) is 5.75 Å². The van der Waals surface area contributed by atoms with Gasteiger partial charge in [0.2, 0.25) is 5.91 Å². The van der Waals surface area contributed by atoms with E-state index in [9.17, 15) is 9.59 Å². The van der Waals surface area contributed by atoms with Crippen molar-refractivity contribution in [1.29, 1.82) is 0 Å². The highest BCUT2D eigenvalue weighted by molar-refractivity contribution is 5.97. The number of nitrogens with zero attached hydrogens (tertiary/aromatic N) is 1. The lowest BCUT2D eigenvalue weighted by atomic mass is 9.95. The van der Waals surface area contributed by atoms with Gasteiger partial charge in [0.15, 0.2) is 0 Å². The van der Waals surface area contributed by atoms with E-state index in [1.807, 2.05) is 32.9 Å². The molecule has 2 aromatic rings. The Labute approximate surface area is 157 Å². The number of carbonyl (C=O) groups excluding carboxylic acids is 1. The molecule has 1 aromatic heterocycles. The molecule has 0 fully saturated rings. The SMILES string of the molecule is CC(C)C[C@H](NC(=O)O)C(=O)Nc1ccc2c(c1)OC(C)c1cnccc1-2. The highest BCUT2D eigenvalue weighted by Gasteiger charge is 2.25. The molecule has 1 aliphatic rings. The number of anilines is 1. The monoisotopic (exact) mass is 369 g/mol. The Bertz CT molecular complexity index is 866. The fourth-order valence-electron chi connectivity index (χ4n) is 3.23. The number of hydrogen-bond donors (Lipinski definition) is 3. The molecule has 1 unspecified atom stereocenters. The van der Waals surface area contributed by atoms with Crippen molar-refractivity contribution >= 4 is 17.7 Å². The van der Waals surface area contributed by atoms with E-state index in [4.69, 9.17) is 9.84 Å². The van der Waals surface area contributed by atoms with Crippen molar-refractivity contribution in [2.45, 2.75) is 39.3 Å². The Morgan fingerprint density at radius 1 is 1.26 bits per heavy atom. The third kappa shape index (κ3) is 4.19. The van der Waals surface area contributed by atoms with Crippen LogP contribution in [0.2, 0.25) is 0 Å². The number of nitrogens with one attached hydrogen (secondary N) is 2. The second-order valence-corrected chi connectivity index (χ2v) is 7.05. The minimum absolute atomic E-state index is 0.144. The summed E-state index contributed by atoms with van der Waals surface area (Å²) < 4.78 is 5.97. The first-order valence-corrected chi connectivity index (χ1v) is 8.90. The van der Waals surface area contributed by atoms with Gasteiger partial charge in [-0.2, -0.15) is 0 Å². The van der Waals surface area contributed by atoms with Crippen molar-refractivity contribution in [3.05, 3.63) is 42.2 Å². The van der Waals surface area contributed by atoms with Crippen molar-refractivity contribution in [2.75, 3.05) is 5.32 Å². The van der Waals surface area contributed by atoms with E-state index < -0.39 is 12.1 Å². The molecule has 7 nitrogen and oxygen atoms in total. The Hall–Kier alpha value is -3.09. The van der Waals surface area contributed by atoms with Crippen LogP contribution in [0, 0.1) is 5.92 Å². The smallest absolute Gasteiger partial charge is 0.405 e. The van der Waals surface area contributed by atoms with Crippen molar-refractivity contribution < 1.29 is 19.4 Å². The van der Waals surface area contributed by atoms with Crippen LogP contribution in [0.15, 0.2) is 36.7 Å². The van der Waals surface area contributed by atoms with Crippen LogP contribution >= 0.6 is 0 Å². The van der Waals surface area contributed by atoms with Gasteiger partial charge in [-0.15, -0.1) is 0 Å². The summed E-state index contributed by atoms with van der Waals surface area (Å²) in [7, 11) is 0. The van der Waals surface area contributed by atoms with E-state index in [1.165, 1.54) is 0 Å². The van der Waals surface area contributed by atoms with Crippen molar-refractivity contribution in [3.63, 3.8) is 0 Å². The van der Waals surface area contributed by atoms with Crippen LogP contribution in [0.3, 0.4) is 0 Å². The maximum atomic E-state index is 12.5. The van der Waals surface area contributed by atoms with Gasteiger partial charge < -0.3 is 20.5 Å². The average molecular weight is 369 g/mol. The van der Waals surface area contributed by atoms with Crippen LogP contribution in [0.1, 0.15) is 38.9 Å². The van der Waals surface area contributed by atoms with Gasteiger partial charge in [0.05, 0.1) is 0 Å². The number of amides is 2. The number of fused-ring (bicyclic) bond motifs is 3. The number of ether oxygens (including phenoxy) is 1. The lowest BCUT2D eigenvalue weighted by Crippen LogP contribution is -2.44. The maximum absolute atomic E-state index is 12.5. The van der Waals surface area contributed by atoms with E-state index in [0.717, 1.165) is 16.7 Å². The highest BCUT2D eigenvalue weighted by atomic mass is 16.5. The molecule has 3 rings (SSSR count). The fraction of sp³-hybridized carbons (Fsp3) is 0.350. The summed E-state index contributed by atoms with van der Waals surface area (Å²) in [5.74, 6) is 0.454. The zero-order valence-electron chi connectivity index (χ0n) is 15.5. The summed E-state index contributed by atoms with van der Waals surface area (Å²) >= 11 is 0. The van der Waals surface area contributed by atoms with Gasteiger partial charge in [0.25, 0.3) is 0 Å². The van der Waals surface area contributed by atoms with E-state index in [0.29, 0.717) is 17.9 Å². The highest BCUT2D eigenvalue weighted by Crippen LogP contribution is 2.42. The van der Waals surface area contributed by atoms with Crippen molar-refractivity contribution in [3.8, 4) is 16.9 Å². The molecule has 0 saturated heterocycles. The fourth-order valence-corrected chi connectivity index (χ4v) is 3.23. The molecule has 142 valence electrons. The number of rotatable bonds is 5. The van der Waals surface area contributed by atoms with Gasteiger partial charge in [0, 0.05) is 35.3 Å². The van der Waals surface area contributed by atoms with Crippen LogP contribution in [0.4, 0.5) is 10.5 Å². The third-order valence-corrected chi connectivity index (χ3v) is 4.45. The summed E-state index contributed by atoms with van der Waals surface area (Å²) in [6.45, 7) is 5.82. The summed E-state index contributed by atoms with van der Waals surface area (Å²) in [4.78, 5) is 27.7. The van der Waals surface area contributed by atoms with Crippen LogP contribution < -0.4 is 15.4 Å². The predicted octanol–water partition coefficient (Wildman–Crippen LogP) is 3.82. The largest absolute Gasteiger partial charge is 0.485 e. The Morgan fingerprint density at radius 3 is 2.74 bits per heavy atom. The van der Waals surface area contributed by atoms with Gasteiger partial charge in [-0.05, 0) is 43.0 Å². The number of carbonyl (C=O) groups is 2. The maximum Gasteiger partial charge on any atom is 0.405 e. The molecule has 0 aliphatic carbocycles. The molecule has 1 aromatic carbocycles. The standard InChI is InChI=1S/C20H23N3O4/c1-11(2)8-17(23-20(25)26)19(24)22-13-4-5-15-14-6-7-21-10-16(14)12(3)27-18(15)9-13/h4-7,9-12,17,23H,8H2,1-3H3,(H,22,24)(H,25,26)/t12?,17-/m0/s1. The number of aromatic nitrogens is 1. The molecule has 27 heavy (non-hydrogen) atoms. The molecule has 7 heteroatoms. The summed E-state index contributed by atoms with van der Waals surface area (Å²) in [6, 6.07) is 6.57. The second kappa shape index (κ2) is 7.65. The Morgan fingerprint density at radius 2 is 2.04 bits per heavy atom. The topological polar surface area (TPSA) is 101 Å². The van der Waals surface area contributed by atoms with Crippen LogP contribution in [-0.4, -0.2) is 28.1 Å². The minimum Gasteiger partial charge on any atom is -0.485 e. The first-order valence-electron chi connectivity index (χ1n) is 8.90. The predicted molar refractivity (Wildman–Crippen MR) is 102 cm³/mol. The van der Waals surface area contributed by atoms with Gasteiger partial charge in [-0.25, -0.2) is 4.79 Å². The van der Waals surface area contributed by atoms with Crippen LogP contribution in [-0.2, 0) is 4.79 Å². The first kappa shape index (κ1) is 18.7. The Balaban J connectivity index is 1.82. The molecule has 3 N–H and O–H groups in total. The van der Waals surface area contributed by atoms with E-state index >= 15 is 0 Å². The summed E-state index contributed by atoms with van der Waals surface area (Å²) in [6.07, 6.45) is 2.59. The summed E-state index contributed by atoms with van der Waals surface area (Å²) in [5.41, 5.74) is 3.57. The van der Waals surface area contributed by atoms with E-state index in [1.54, 1.807) is 24.5 Å². The molecule has 0 saturated carbocycles. The number of benzene rings is 1. The third-order valence-electron chi connectivity index (χ3n) is 4.45. The quantitative estimate of drug-likeness (QED) is 0.744. The summed E-state index contributed by atoms with van der Waals surface area (Å²) in [5, 5.41) is 14.0. The lowest BCUT2D eigenvalue weighted by molar-refractivity contribution is -0.118. The molecule has 0 radical (unpaired) electrons. The first-order chi connectivity index (χ1) is 12.8. The molecule has 0 spiro atoms. The van der Waals surface area contributed by atoms with Gasteiger partial charge in [-0.3, -0.25) is 9.78 Å². The zero-order valence-corrected chi connectivity index (χ0v) is 15.5. The molecule has 2 atom stereocenters. The minimum atomic E-state index is -1.22. The van der Waals surface area contributed by atoms with E-state index in [2.05, 4.69) is 15.6 Å². The molecular formula is C20H23N3O4. The molecule has 2 heterocycles. The number of hydrogen-bond acceptors (Lipinski definition) is 4. The zero-order chi connectivity index (χ0) is 19.6. The number of carboxylic acid groups (broad SMARTS) is 1. The average Bonchev–Trinajstić information content (AvgIpc) is 2.60. The van der Waals surface area contributed by atoms with Crippen molar-refractivity contribution in [1.82, 2.24) is 10.3 Å². The normalized spacial score (nSPS) is 15.9. The van der Waals surface area contributed by atoms with Gasteiger partial charge in [0.1, 0.15) is 17.9 Å². The van der Waals surface area contributed by atoms with Gasteiger partial charge in [-0.1, -0.05) is 13.8 Å². The molecule has 0 bridgehead atoms. The Kier molecular flexibility index (Phi) is 5.30.